The predicted octanol–water partition coefficient (Wildman–Crippen LogP) is 2.47. The number of pyridine rings is 1. The van der Waals surface area contributed by atoms with Gasteiger partial charge in [0, 0.05) is 6.07 Å². The summed E-state index contributed by atoms with van der Waals surface area (Å²) in [5, 5.41) is 8.60. The fourth-order valence-electron chi connectivity index (χ4n) is 1.27. The van der Waals surface area contributed by atoms with E-state index >= 15 is 0 Å². The Bertz CT molecular complexity index is 593. The van der Waals surface area contributed by atoms with Crippen LogP contribution in [0.4, 0.5) is 10.1 Å². The number of halogens is 1. The number of anilines is 1. The molecule has 2 N–H and O–H groups in total. The quantitative estimate of drug-likeness (QED) is 0.858. The van der Waals surface area contributed by atoms with Crippen molar-refractivity contribution < 1.29 is 9.13 Å². The van der Waals surface area contributed by atoms with E-state index in [9.17, 15) is 4.39 Å². The summed E-state index contributed by atoms with van der Waals surface area (Å²) in [4.78, 5) is 3.82. The van der Waals surface area contributed by atoms with Crippen LogP contribution in [-0.4, -0.2) is 4.98 Å². The number of aromatic nitrogens is 1. The molecule has 0 fully saturated rings. The van der Waals surface area contributed by atoms with Crippen LogP contribution in [0, 0.1) is 17.1 Å². The number of nitrogens with zero attached hydrogens (tertiary/aromatic N) is 2. The van der Waals surface area contributed by atoms with Crippen molar-refractivity contribution in [1.29, 1.82) is 5.26 Å². The second-order valence-corrected chi connectivity index (χ2v) is 3.31. The molecule has 0 spiro atoms. The van der Waals surface area contributed by atoms with Crippen molar-refractivity contribution in [2.75, 3.05) is 5.73 Å². The highest BCUT2D eigenvalue weighted by Gasteiger charge is 2.06. The van der Waals surface area contributed by atoms with Crippen LogP contribution < -0.4 is 10.5 Å². The van der Waals surface area contributed by atoms with E-state index in [-0.39, 0.29) is 11.3 Å². The lowest BCUT2D eigenvalue weighted by atomic mass is 10.2. The molecule has 1 heterocycles. The molecule has 0 amide bonds. The Kier molecular flexibility index (Phi) is 2.88. The zero-order chi connectivity index (χ0) is 12.3. The third kappa shape index (κ3) is 2.49. The minimum atomic E-state index is -0.605. The minimum absolute atomic E-state index is 0.0244. The molecule has 0 radical (unpaired) electrons. The first kappa shape index (κ1) is 10.9. The summed E-state index contributed by atoms with van der Waals surface area (Å²) >= 11 is 0. The van der Waals surface area contributed by atoms with Crippen LogP contribution in [0.1, 0.15) is 5.56 Å². The molecule has 0 bridgehead atoms. The lowest BCUT2D eigenvalue weighted by Gasteiger charge is -2.06. The van der Waals surface area contributed by atoms with Crippen LogP contribution in [0.2, 0.25) is 0 Å². The monoisotopic (exact) mass is 229 g/mol. The van der Waals surface area contributed by atoms with Gasteiger partial charge >= 0.3 is 0 Å². The number of rotatable bonds is 2. The zero-order valence-corrected chi connectivity index (χ0v) is 8.72. The van der Waals surface area contributed by atoms with Gasteiger partial charge in [0.1, 0.15) is 5.75 Å². The molecule has 1 aromatic heterocycles. The van der Waals surface area contributed by atoms with Gasteiger partial charge in [-0.25, -0.2) is 4.39 Å². The Morgan fingerprint density at radius 1 is 1.29 bits per heavy atom. The second kappa shape index (κ2) is 4.49. The fraction of sp³-hybridized carbons (Fsp3) is 0. The Hall–Kier alpha value is -2.61. The van der Waals surface area contributed by atoms with Crippen LogP contribution in [0.5, 0.6) is 11.5 Å². The van der Waals surface area contributed by atoms with E-state index in [0.717, 1.165) is 6.07 Å². The van der Waals surface area contributed by atoms with Gasteiger partial charge in [-0.1, -0.05) is 0 Å². The summed E-state index contributed by atoms with van der Waals surface area (Å²) in [6.45, 7) is 0. The molecule has 0 aliphatic rings. The van der Waals surface area contributed by atoms with E-state index in [1.54, 1.807) is 0 Å². The highest BCUT2D eigenvalue weighted by atomic mass is 19.1. The number of hydrogen-bond donors (Lipinski definition) is 1. The summed E-state index contributed by atoms with van der Waals surface area (Å²) in [6, 6.07) is 7.34. The molecule has 84 valence electrons. The third-order valence-electron chi connectivity index (χ3n) is 2.02. The Balaban J connectivity index is 2.28. The number of hydrogen-bond acceptors (Lipinski definition) is 4. The van der Waals surface area contributed by atoms with Crippen LogP contribution in [0.25, 0.3) is 0 Å². The predicted molar refractivity (Wildman–Crippen MR) is 59.8 cm³/mol. The first-order valence-electron chi connectivity index (χ1n) is 4.77. The van der Waals surface area contributed by atoms with E-state index in [2.05, 4.69) is 4.98 Å². The smallest absolute Gasteiger partial charge is 0.167 e. The van der Waals surface area contributed by atoms with Crippen molar-refractivity contribution in [3.05, 3.63) is 48.0 Å². The first-order chi connectivity index (χ1) is 8.19. The molecule has 0 aliphatic heterocycles. The summed E-state index contributed by atoms with van der Waals surface area (Å²) in [6.07, 6.45) is 2.88. The molecule has 2 rings (SSSR count). The van der Waals surface area contributed by atoms with Gasteiger partial charge in [0.2, 0.25) is 0 Å². The van der Waals surface area contributed by atoms with Gasteiger partial charge in [-0.3, -0.25) is 4.98 Å². The van der Waals surface area contributed by atoms with Crippen molar-refractivity contribution in [1.82, 2.24) is 4.98 Å². The highest BCUT2D eigenvalue weighted by molar-refractivity contribution is 5.43. The fourth-order valence-corrected chi connectivity index (χ4v) is 1.27. The molecule has 17 heavy (non-hydrogen) atoms. The molecule has 4 nitrogen and oxygen atoms in total. The maximum atomic E-state index is 13.5. The summed E-state index contributed by atoms with van der Waals surface area (Å²) in [5.74, 6) is -0.239. The average molecular weight is 229 g/mol. The Morgan fingerprint density at radius 2 is 2.12 bits per heavy atom. The second-order valence-electron chi connectivity index (χ2n) is 3.31. The minimum Gasteiger partial charge on any atom is -0.453 e. The molecule has 0 saturated carbocycles. The lowest BCUT2D eigenvalue weighted by Crippen LogP contribution is -1.92. The van der Waals surface area contributed by atoms with Crippen LogP contribution in [-0.2, 0) is 0 Å². The van der Waals surface area contributed by atoms with Crippen molar-refractivity contribution in [2.45, 2.75) is 0 Å². The van der Waals surface area contributed by atoms with Gasteiger partial charge in [0.05, 0.1) is 29.7 Å². The molecule has 0 aliphatic carbocycles. The van der Waals surface area contributed by atoms with Gasteiger partial charge in [-0.15, -0.1) is 0 Å². The van der Waals surface area contributed by atoms with Gasteiger partial charge in [0.25, 0.3) is 0 Å². The number of benzene rings is 1. The van der Waals surface area contributed by atoms with Crippen molar-refractivity contribution in [3.8, 4) is 17.6 Å². The van der Waals surface area contributed by atoms with Gasteiger partial charge in [0.15, 0.2) is 11.6 Å². The van der Waals surface area contributed by atoms with E-state index in [1.807, 2.05) is 6.07 Å². The van der Waals surface area contributed by atoms with E-state index < -0.39 is 5.82 Å². The maximum Gasteiger partial charge on any atom is 0.167 e. The van der Waals surface area contributed by atoms with Gasteiger partial charge in [-0.2, -0.15) is 5.26 Å². The summed E-state index contributed by atoms with van der Waals surface area (Å²) < 4.78 is 18.8. The highest BCUT2D eigenvalue weighted by Crippen LogP contribution is 2.25. The Labute approximate surface area is 97.1 Å². The molecular weight excluding hydrogens is 221 g/mol. The maximum absolute atomic E-state index is 13.5. The molecular formula is C12H8FN3O. The summed E-state index contributed by atoms with van der Waals surface area (Å²) in [5.41, 5.74) is 6.18. The molecule has 0 saturated heterocycles. The zero-order valence-electron chi connectivity index (χ0n) is 8.72. The average Bonchev–Trinajstić information content (AvgIpc) is 2.32. The molecule has 2 aromatic rings. The van der Waals surface area contributed by atoms with E-state index in [0.29, 0.717) is 11.4 Å². The van der Waals surface area contributed by atoms with Crippen molar-refractivity contribution in [2.24, 2.45) is 0 Å². The molecule has 1 aromatic carbocycles. The largest absolute Gasteiger partial charge is 0.453 e. The standard InChI is InChI=1S/C12H8FN3O/c13-11-3-8(5-14)1-2-12(11)17-10-4-9(15)6-16-7-10/h1-4,6-7H,15H2. The number of nitrogen functional groups attached to an aromatic ring is 1. The number of ether oxygens (including phenoxy) is 1. The van der Waals surface area contributed by atoms with Gasteiger partial charge < -0.3 is 10.5 Å². The topological polar surface area (TPSA) is 71.9 Å². The van der Waals surface area contributed by atoms with E-state index in [1.165, 1.54) is 30.6 Å². The number of nitrogens with two attached hydrogens (primary N) is 1. The Morgan fingerprint density at radius 3 is 2.76 bits per heavy atom. The van der Waals surface area contributed by atoms with Crippen LogP contribution in [0.3, 0.4) is 0 Å². The molecule has 0 atom stereocenters. The third-order valence-corrected chi connectivity index (χ3v) is 2.02. The molecule has 5 heteroatoms. The lowest BCUT2D eigenvalue weighted by molar-refractivity contribution is 0.440. The summed E-state index contributed by atoms with van der Waals surface area (Å²) in [7, 11) is 0. The normalized spacial score (nSPS) is 9.65. The van der Waals surface area contributed by atoms with Crippen LogP contribution in [0.15, 0.2) is 36.7 Å². The van der Waals surface area contributed by atoms with Crippen LogP contribution >= 0.6 is 0 Å². The van der Waals surface area contributed by atoms with Crippen molar-refractivity contribution in [3.63, 3.8) is 0 Å². The van der Waals surface area contributed by atoms with E-state index in [4.69, 9.17) is 15.7 Å². The van der Waals surface area contributed by atoms with Crippen molar-refractivity contribution >= 4 is 5.69 Å². The number of nitriles is 1. The SMILES string of the molecule is N#Cc1ccc(Oc2cncc(N)c2)c(F)c1. The molecule has 0 unspecified atom stereocenters. The van der Waals surface area contributed by atoms with Gasteiger partial charge in [-0.05, 0) is 18.2 Å². The first-order valence-corrected chi connectivity index (χ1v) is 4.77.